The number of para-hydroxylation sites is 1. The minimum Gasteiger partial charge on any atom is -0.467 e. The molecule has 0 unspecified atom stereocenters. The molecule has 1 amide bonds. The van der Waals surface area contributed by atoms with E-state index < -0.39 is 0 Å². The van der Waals surface area contributed by atoms with Crippen LogP contribution in [0.5, 0.6) is 0 Å². The topological polar surface area (TPSA) is 96.7 Å². The van der Waals surface area contributed by atoms with Gasteiger partial charge in [0, 0.05) is 10.9 Å². The highest BCUT2D eigenvalue weighted by atomic mass is 32.2. The number of H-pyrrole nitrogens is 1. The fourth-order valence-corrected chi connectivity index (χ4v) is 3.24. The third-order valence-corrected chi connectivity index (χ3v) is 4.72. The molecular formula is C17H15N5O2S. The van der Waals surface area contributed by atoms with E-state index in [1.807, 2.05) is 30.3 Å². The Hall–Kier alpha value is -2.87. The van der Waals surface area contributed by atoms with Crippen LogP contribution in [-0.4, -0.2) is 31.3 Å². The number of aromatic amines is 1. The SMILES string of the molecule is C[C@@H](Sc1nnc2c(n1)[nH]c1ccccc12)C(=O)NCc1ccco1. The van der Waals surface area contributed by atoms with Crippen LogP contribution in [0, 0.1) is 0 Å². The standard InChI is InChI=1S/C17H15N5O2S/c1-10(16(23)18-9-11-5-4-8-24-11)25-17-20-15-14(21-22-17)12-6-2-3-7-13(12)19-15/h2-8,10H,9H2,1H3,(H,18,23)(H,19,20,22)/t10-/m1/s1. The number of nitrogens with one attached hydrogen (secondary N) is 2. The third kappa shape index (κ3) is 3.20. The number of nitrogens with zero attached hydrogens (tertiary/aromatic N) is 3. The van der Waals surface area contributed by atoms with E-state index in [1.165, 1.54) is 11.8 Å². The fraction of sp³-hybridized carbons (Fsp3) is 0.176. The molecule has 0 saturated carbocycles. The summed E-state index contributed by atoms with van der Waals surface area (Å²) in [5.41, 5.74) is 2.36. The van der Waals surface area contributed by atoms with Crippen molar-refractivity contribution in [3.63, 3.8) is 0 Å². The van der Waals surface area contributed by atoms with Gasteiger partial charge in [0.2, 0.25) is 11.1 Å². The van der Waals surface area contributed by atoms with E-state index in [1.54, 1.807) is 19.3 Å². The monoisotopic (exact) mass is 353 g/mol. The van der Waals surface area contributed by atoms with Gasteiger partial charge in [0.15, 0.2) is 5.65 Å². The summed E-state index contributed by atoms with van der Waals surface area (Å²) in [6.45, 7) is 2.16. The number of hydrogen-bond acceptors (Lipinski definition) is 6. The van der Waals surface area contributed by atoms with Crippen LogP contribution in [0.25, 0.3) is 22.1 Å². The lowest BCUT2D eigenvalue weighted by Gasteiger charge is -2.09. The number of amides is 1. The number of aromatic nitrogens is 4. The molecule has 1 atom stereocenters. The predicted octanol–water partition coefficient (Wildman–Crippen LogP) is 2.90. The molecule has 4 aromatic rings. The van der Waals surface area contributed by atoms with Crippen molar-refractivity contribution >= 4 is 39.7 Å². The average Bonchev–Trinajstić information content (AvgIpc) is 3.26. The summed E-state index contributed by atoms with van der Waals surface area (Å²) in [7, 11) is 0. The van der Waals surface area contributed by atoms with E-state index in [2.05, 4.69) is 25.5 Å². The Morgan fingerprint density at radius 1 is 1.28 bits per heavy atom. The van der Waals surface area contributed by atoms with Crippen LogP contribution in [0.3, 0.4) is 0 Å². The zero-order valence-corrected chi connectivity index (χ0v) is 14.2. The Morgan fingerprint density at radius 2 is 2.16 bits per heavy atom. The van der Waals surface area contributed by atoms with Crippen LogP contribution in [0.4, 0.5) is 0 Å². The number of hydrogen-bond donors (Lipinski definition) is 2. The highest BCUT2D eigenvalue weighted by Gasteiger charge is 2.17. The van der Waals surface area contributed by atoms with Crippen molar-refractivity contribution in [1.82, 2.24) is 25.5 Å². The van der Waals surface area contributed by atoms with Gasteiger partial charge >= 0.3 is 0 Å². The number of thioether (sulfide) groups is 1. The minimum atomic E-state index is -0.349. The molecule has 2 N–H and O–H groups in total. The number of furan rings is 1. The van der Waals surface area contributed by atoms with Crippen LogP contribution in [0.2, 0.25) is 0 Å². The summed E-state index contributed by atoms with van der Waals surface area (Å²) in [5, 5.41) is 12.3. The maximum Gasteiger partial charge on any atom is 0.233 e. The number of carbonyl (C=O) groups is 1. The molecule has 0 aliphatic carbocycles. The Morgan fingerprint density at radius 3 is 3.00 bits per heavy atom. The van der Waals surface area contributed by atoms with Gasteiger partial charge in [-0.2, -0.15) is 0 Å². The van der Waals surface area contributed by atoms with Gasteiger partial charge in [-0.3, -0.25) is 4.79 Å². The first-order valence-electron chi connectivity index (χ1n) is 7.78. The van der Waals surface area contributed by atoms with Crippen molar-refractivity contribution in [3.8, 4) is 0 Å². The molecule has 0 saturated heterocycles. The second-order valence-electron chi connectivity index (χ2n) is 5.52. The predicted molar refractivity (Wildman–Crippen MR) is 95.1 cm³/mol. The summed E-state index contributed by atoms with van der Waals surface area (Å²) >= 11 is 1.27. The van der Waals surface area contributed by atoms with E-state index in [0.29, 0.717) is 23.1 Å². The molecule has 126 valence electrons. The lowest BCUT2D eigenvalue weighted by molar-refractivity contribution is -0.120. The van der Waals surface area contributed by atoms with E-state index in [4.69, 9.17) is 4.42 Å². The van der Waals surface area contributed by atoms with Crippen LogP contribution in [0.1, 0.15) is 12.7 Å². The normalized spacial score (nSPS) is 12.5. The Balaban J connectivity index is 1.47. The average molecular weight is 353 g/mol. The summed E-state index contributed by atoms with van der Waals surface area (Å²) < 4.78 is 5.20. The van der Waals surface area contributed by atoms with Gasteiger partial charge in [0.05, 0.1) is 18.1 Å². The molecule has 0 fully saturated rings. The van der Waals surface area contributed by atoms with E-state index in [9.17, 15) is 4.79 Å². The second-order valence-corrected chi connectivity index (χ2v) is 6.83. The van der Waals surface area contributed by atoms with Gasteiger partial charge < -0.3 is 14.7 Å². The van der Waals surface area contributed by atoms with Crippen LogP contribution < -0.4 is 5.32 Å². The van der Waals surface area contributed by atoms with Gasteiger partial charge in [-0.05, 0) is 25.1 Å². The van der Waals surface area contributed by atoms with Crippen molar-refractivity contribution in [2.45, 2.75) is 23.9 Å². The van der Waals surface area contributed by atoms with E-state index in [0.717, 1.165) is 16.4 Å². The smallest absolute Gasteiger partial charge is 0.233 e. The van der Waals surface area contributed by atoms with E-state index in [-0.39, 0.29) is 11.2 Å². The number of carbonyl (C=O) groups excluding carboxylic acids is 1. The molecule has 1 aromatic carbocycles. The Kier molecular flexibility index (Phi) is 4.10. The molecular weight excluding hydrogens is 338 g/mol. The van der Waals surface area contributed by atoms with Crippen LogP contribution >= 0.6 is 11.8 Å². The van der Waals surface area contributed by atoms with Crippen LogP contribution in [0.15, 0.2) is 52.2 Å². The van der Waals surface area contributed by atoms with Crippen LogP contribution in [-0.2, 0) is 11.3 Å². The second kappa shape index (κ2) is 6.56. The summed E-state index contributed by atoms with van der Waals surface area (Å²) in [5.74, 6) is 0.602. The Labute approximate surface area is 147 Å². The third-order valence-electron chi connectivity index (χ3n) is 3.77. The molecule has 25 heavy (non-hydrogen) atoms. The molecule has 3 heterocycles. The van der Waals surface area contributed by atoms with Gasteiger partial charge in [-0.25, -0.2) is 4.98 Å². The molecule has 0 bridgehead atoms. The maximum absolute atomic E-state index is 12.2. The highest BCUT2D eigenvalue weighted by Crippen LogP contribution is 2.24. The zero-order valence-electron chi connectivity index (χ0n) is 13.4. The number of benzene rings is 1. The lowest BCUT2D eigenvalue weighted by atomic mass is 10.2. The first-order valence-corrected chi connectivity index (χ1v) is 8.66. The van der Waals surface area contributed by atoms with Gasteiger partial charge in [0.1, 0.15) is 11.3 Å². The fourth-order valence-electron chi connectivity index (χ4n) is 2.50. The summed E-state index contributed by atoms with van der Waals surface area (Å²) in [6.07, 6.45) is 1.58. The molecule has 0 radical (unpaired) electrons. The molecule has 7 nitrogen and oxygen atoms in total. The van der Waals surface area contributed by atoms with E-state index >= 15 is 0 Å². The first kappa shape index (κ1) is 15.6. The lowest BCUT2D eigenvalue weighted by Crippen LogP contribution is -2.30. The van der Waals surface area contributed by atoms with Crippen molar-refractivity contribution in [2.75, 3.05) is 0 Å². The van der Waals surface area contributed by atoms with Crippen molar-refractivity contribution in [2.24, 2.45) is 0 Å². The quantitative estimate of drug-likeness (QED) is 0.536. The van der Waals surface area contributed by atoms with Crippen molar-refractivity contribution in [3.05, 3.63) is 48.4 Å². The molecule has 3 aromatic heterocycles. The van der Waals surface area contributed by atoms with Gasteiger partial charge in [-0.15, -0.1) is 10.2 Å². The van der Waals surface area contributed by atoms with Gasteiger partial charge in [-0.1, -0.05) is 30.0 Å². The maximum atomic E-state index is 12.2. The number of rotatable bonds is 5. The molecule has 0 aliphatic rings. The largest absolute Gasteiger partial charge is 0.467 e. The molecule has 0 spiro atoms. The summed E-state index contributed by atoms with van der Waals surface area (Å²) in [4.78, 5) is 19.9. The zero-order chi connectivity index (χ0) is 17.2. The minimum absolute atomic E-state index is 0.109. The molecule has 0 aliphatic heterocycles. The molecule has 8 heteroatoms. The number of fused-ring (bicyclic) bond motifs is 3. The summed E-state index contributed by atoms with van der Waals surface area (Å²) in [6, 6.07) is 11.4. The highest BCUT2D eigenvalue weighted by molar-refractivity contribution is 8.00. The van der Waals surface area contributed by atoms with Gasteiger partial charge in [0.25, 0.3) is 0 Å². The van der Waals surface area contributed by atoms with Crippen molar-refractivity contribution < 1.29 is 9.21 Å². The Bertz CT molecular complexity index is 1030. The molecule has 4 rings (SSSR count). The first-order chi connectivity index (χ1) is 12.2. The van der Waals surface area contributed by atoms with Crippen molar-refractivity contribution in [1.29, 1.82) is 0 Å².